The summed E-state index contributed by atoms with van der Waals surface area (Å²) in [7, 11) is 1.67. The van der Waals surface area contributed by atoms with Gasteiger partial charge in [-0.05, 0) is 43.7 Å². The second-order valence-electron chi connectivity index (χ2n) is 6.92. The zero-order valence-corrected chi connectivity index (χ0v) is 15.8. The highest BCUT2D eigenvalue weighted by atomic mass is 32.2. The fraction of sp³-hybridized carbons (Fsp3) is 0.526. The van der Waals surface area contributed by atoms with Gasteiger partial charge in [-0.2, -0.15) is 0 Å². The summed E-state index contributed by atoms with van der Waals surface area (Å²) in [6.07, 6.45) is 5.61. The molecule has 1 aromatic heterocycles. The molecule has 6 nitrogen and oxygen atoms in total. The van der Waals surface area contributed by atoms with Crippen LogP contribution in [0, 0.1) is 0 Å². The molecule has 2 saturated carbocycles. The van der Waals surface area contributed by atoms with Crippen molar-refractivity contribution in [3.8, 4) is 5.75 Å². The number of nitrogens with one attached hydrogen (secondary N) is 1. The molecule has 0 saturated heterocycles. The summed E-state index contributed by atoms with van der Waals surface area (Å²) < 4.78 is 7.62. The van der Waals surface area contributed by atoms with E-state index in [1.165, 1.54) is 37.4 Å². The highest BCUT2D eigenvalue weighted by Gasteiger charge is 2.36. The molecule has 1 heterocycles. The fourth-order valence-electron chi connectivity index (χ4n) is 3.11. The first-order chi connectivity index (χ1) is 12.8. The molecule has 2 fully saturated rings. The van der Waals surface area contributed by atoms with E-state index >= 15 is 0 Å². The van der Waals surface area contributed by atoms with Crippen molar-refractivity contribution in [2.45, 2.75) is 49.2 Å². The van der Waals surface area contributed by atoms with Crippen LogP contribution in [-0.2, 0) is 11.2 Å². The fourth-order valence-corrected chi connectivity index (χ4v) is 3.95. The molecular weight excluding hydrogens is 348 g/mol. The number of benzene rings is 1. The molecule has 138 valence electrons. The maximum Gasteiger partial charge on any atom is 0.230 e. The van der Waals surface area contributed by atoms with E-state index in [4.69, 9.17) is 4.74 Å². The Kier molecular flexibility index (Phi) is 5.15. The first-order valence-corrected chi connectivity index (χ1v) is 10.2. The first-order valence-electron chi connectivity index (χ1n) is 9.22. The minimum atomic E-state index is 0.0308. The Hall–Kier alpha value is -2.02. The second kappa shape index (κ2) is 7.70. The smallest absolute Gasteiger partial charge is 0.230 e. The van der Waals surface area contributed by atoms with Crippen molar-refractivity contribution < 1.29 is 9.53 Å². The van der Waals surface area contributed by atoms with E-state index in [0.29, 0.717) is 24.3 Å². The lowest BCUT2D eigenvalue weighted by Gasteiger charge is -2.10. The summed E-state index contributed by atoms with van der Waals surface area (Å²) in [5.74, 6) is 2.99. The van der Waals surface area contributed by atoms with Crippen LogP contribution in [0.15, 0.2) is 29.4 Å². The predicted molar refractivity (Wildman–Crippen MR) is 101 cm³/mol. The molecular formula is C19H24N4O2S. The van der Waals surface area contributed by atoms with Crippen molar-refractivity contribution >= 4 is 17.7 Å². The van der Waals surface area contributed by atoms with Crippen LogP contribution in [0.25, 0.3) is 0 Å². The molecule has 0 bridgehead atoms. The lowest BCUT2D eigenvalue weighted by atomic mass is 10.1. The maximum absolute atomic E-state index is 12.2. The molecule has 26 heavy (non-hydrogen) atoms. The minimum Gasteiger partial charge on any atom is -0.496 e. The normalized spacial score (nSPS) is 16.5. The molecule has 0 aliphatic heterocycles. The van der Waals surface area contributed by atoms with Crippen LogP contribution in [-0.4, -0.2) is 40.1 Å². The van der Waals surface area contributed by atoms with Crippen LogP contribution in [0.2, 0.25) is 0 Å². The third-order valence-electron chi connectivity index (χ3n) is 4.79. The SMILES string of the molecule is COc1ccccc1CCNC(=O)CSc1nnc(C2CC2)n1C1CC1. The van der Waals surface area contributed by atoms with Crippen LogP contribution in [0.4, 0.5) is 0 Å². The van der Waals surface area contributed by atoms with Gasteiger partial charge in [0.05, 0.1) is 12.9 Å². The highest BCUT2D eigenvalue weighted by Crippen LogP contribution is 2.45. The van der Waals surface area contributed by atoms with Gasteiger partial charge >= 0.3 is 0 Å². The third kappa shape index (κ3) is 4.03. The number of carbonyl (C=O) groups excluding carboxylic acids is 1. The van der Waals surface area contributed by atoms with Crippen LogP contribution >= 0.6 is 11.8 Å². The Morgan fingerprint density at radius 1 is 1.27 bits per heavy atom. The Bertz CT molecular complexity index is 784. The molecule has 1 amide bonds. The zero-order chi connectivity index (χ0) is 17.9. The summed E-state index contributed by atoms with van der Waals surface area (Å²) in [6, 6.07) is 8.45. The number of methoxy groups -OCH3 is 1. The topological polar surface area (TPSA) is 69.0 Å². The minimum absolute atomic E-state index is 0.0308. The van der Waals surface area contributed by atoms with E-state index in [1.54, 1.807) is 7.11 Å². The Balaban J connectivity index is 1.27. The van der Waals surface area contributed by atoms with Gasteiger partial charge in [-0.1, -0.05) is 30.0 Å². The van der Waals surface area contributed by atoms with Gasteiger partial charge < -0.3 is 14.6 Å². The zero-order valence-electron chi connectivity index (χ0n) is 15.0. The molecule has 0 radical (unpaired) electrons. The number of rotatable bonds is 9. The number of carbonyl (C=O) groups is 1. The average molecular weight is 372 g/mol. The number of aromatic nitrogens is 3. The molecule has 0 spiro atoms. The molecule has 2 aliphatic carbocycles. The summed E-state index contributed by atoms with van der Waals surface area (Å²) in [6.45, 7) is 0.600. The Labute approximate surface area is 157 Å². The maximum atomic E-state index is 12.2. The number of thioether (sulfide) groups is 1. The first kappa shape index (κ1) is 17.4. The van der Waals surface area contributed by atoms with Crippen LogP contribution in [0.5, 0.6) is 5.75 Å². The number of ether oxygens (including phenoxy) is 1. The largest absolute Gasteiger partial charge is 0.496 e. The van der Waals surface area contributed by atoms with E-state index in [1.807, 2.05) is 24.3 Å². The summed E-state index contributed by atoms with van der Waals surface area (Å²) >= 11 is 1.50. The summed E-state index contributed by atoms with van der Waals surface area (Å²) in [5, 5.41) is 12.6. The Morgan fingerprint density at radius 3 is 2.81 bits per heavy atom. The summed E-state index contributed by atoms with van der Waals surface area (Å²) in [4.78, 5) is 12.2. The van der Waals surface area contributed by atoms with Gasteiger partial charge in [0.1, 0.15) is 11.6 Å². The molecule has 1 N–H and O–H groups in total. The Morgan fingerprint density at radius 2 is 2.08 bits per heavy atom. The quantitative estimate of drug-likeness (QED) is 0.686. The van der Waals surface area contributed by atoms with Gasteiger partial charge in [-0.25, -0.2) is 0 Å². The van der Waals surface area contributed by atoms with Crippen LogP contribution < -0.4 is 10.1 Å². The van der Waals surface area contributed by atoms with Gasteiger partial charge in [0.25, 0.3) is 0 Å². The molecule has 0 unspecified atom stereocenters. The monoisotopic (exact) mass is 372 g/mol. The van der Waals surface area contributed by atoms with Gasteiger partial charge in [-0.3, -0.25) is 4.79 Å². The molecule has 0 atom stereocenters. The molecule has 7 heteroatoms. The molecule has 2 aliphatic rings. The van der Waals surface area contributed by atoms with Crippen molar-refractivity contribution in [3.63, 3.8) is 0 Å². The number of hydrogen-bond acceptors (Lipinski definition) is 5. The van der Waals surface area contributed by atoms with Crippen LogP contribution in [0.3, 0.4) is 0 Å². The molecule has 1 aromatic carbocycles. The van der Waals surface area contributed by atoms with Crippen molar-refractivity contribution in [2.24, 2.45) is 0 Å². The van der Waals surface area contributed by atoms with Crippen LogP contribution in [0.1, 0.15) is 49.0 Å². The molecule has 2 aromatic rings. The highest BCUT2D eigenvalue weighted by molar-refractivity contribution is 7.99. The van der Waals surface area contributed by atoms with Gasteiger partial charge in [-0.15, -0.1) is 10.2 Å². The van der Waals surface area contributed by atoms with E-state index < -0.39 is 0 Å². The average Bonchev–Trinajstić information content (AvgIpc) is 3.59. The second-order valence-corrected chi connectivity index (χ2v) is 7.86. The van der Waals surface area contributed by atoms with Crippen molar-refractivity contribution in [2.75, 3.05) is 19.4 Å². The lowest BCUT2D eigenvalue weighted by Crippen LogP contribution is -2.27. The van der Waals surface area contributed by atoms with Gasteiger partial charge in [0.15, 0.2) is 5.16 Å². The van der Waals surface area contributed by atoms with E-state index in [9.17, 15) is 4.79 Å². The molecule has 4 rings (SSSR count). The predicted octanol–water partition coefficient (Wildman–Crippen LogP) is 2.95. The third-order valence-corrected chi connectivity index (χ3v) is 5.73. The van der Waals surface area contributed by atoms with E-state index in [2.05, 4.69) is 20.1 Å². The summed E-state index contributed by atoms with van der Waals surface area (Å²) in [5.41, 5.74) is 1.10. The van der Waals surface area contributed by atoms with Gasteiger partial charge in [0, 0.05) is 18.5 Å². The standard InChI is InChI=1S/C19H24N4O2S/c1-25-16-5-3-2-4-13(16)10-11-20-17(24)12-26-19-22-21-18(14-6-7-14)23(19)15-8-9-15/h2-5,14-15H,6-12H2,1H3,(H,20,24). The number of nitrogens with zero attached hydrogens (tertiary/aromatic N) is 3. The van der Waals surface area contributed by atoms with Crippen molar-refractivity contribution in [1.29, 1.82) is 0 Å². The van der Waals surface area contributed by atoms with Crippen molar-refractivity contribution in [1.82, 2.24) is 20.1 Å². The number of hydrogen-bond donors (Lipinski definition) is 1. The van der Waals surface area contributed by atoms with E-state index in [-0.39, 0.29) is 5.91 Å². The van der Waals surface area contributed by atoms with Gasteiger partial charge in [0.2, 0.25) is 5.91 Å². The van der Waals surface area contributed by atoms with Crippen molar-refractivity contribution in [3.05, 3.63) is 35.7 Å². The lowest BCUT2D eigenvalue weighted by molar-refractivity contribution is -0.118. The number of para-hydroxylation sites is 1. The number of amides is 1. The van der Waals surface area contributed by atoms with E-state index in [0.717, 1.165) is 28.7 Å².